The second-order valence-corrected chi connectivity index (χ2v) is 4.58. The highest BCUT2D eigenvalue weighted by Crippen LogP contribution is 2.30. The largest absolute Gasteiger partial charge is 0.441 e. The van der Waals surface area contributed by atoms with Crippen molar-refractivity contribution in [1.82, 2.24) is 5.32 Å². The molecule has 0 saturated heterocycles. The van der Waals surface area contributed by atoms with Gasteiger partial charge >= 0.3 is 5.51 Å². The maximum absolute atomic E-state index is 13.1. The van der Waals surface area contributed by atoms with Crippen LogP contribution in [0.15, 0.2) is 24.3 Å². The fourth-order valence-corrected chi connectivity index (χ4v) is 1.77. The summed E-state index contributed by atoms with van der Waals surface area (Å²) in [5.74, 6) is -0.280. The maximum atomic E-state index is 13.1. The first-order chi connectivity index (χ1) is 7.99. The monoisotopic (exact) mass is 267 g/mol. The molecule has 0 aliphatic heterocycles. The van der Waals surface area contributed by atoms with Crippen molar-refractivity contribution in [3.8, 4) is 0 Å². The van der Waals surface area contributed by atoms with Crippen LogP contribution in [0.1, 0.15) is 12.0 Å². The van der Waals surface area contributed by atoms with Crippen LogP contribution in [-0.4, -0.2) is 17.8 Å². The van der Waals surface area contributed by atoms with E-state index in [0.717, 1.165) is 0 Å². The van der Waals surface area contributed by atoms with Crippen molar-refractivity contribution < 1.29 is 17.6 Å². The number of hydrogen-bond acceptors (Lipinski definition) is 2. The zero-order valence-electron chi connectivity index (χ0n) is 9.06. The Balaban J connectivity index is 2.11. The fraction of sp³-hybridized carbons (Fsp3) is 0.455. The molecule has 0 unspecified atom stereocenters. The molecule has 0 saturated carbocycles. The van der Waals surface area contributed by atoms with Crippen LogP contribution in [0, 0.1) is 5.82 Å². The van der Waals surface area contributed by atoms with Gasteiger partial charge in [-0.05, 0) is 19.0 Å². The van der Waals surface area contributed by atoms with Gasteiger partial charge in [-0.3, -0.25) is 0 Å². The van der Waals surface area contributed by atoms with E-state index in [1.165, 1.54) is 6.07 Å². The highest BCUT2D eigenvalue weighted by Gasteiger charge is 2.27. The van der Waals surface area contributed by atoms with Gasteiger partial charge in [-0.25, -0.2) is 4.39 Å². The summed E-state index contributed by atoms with van der Waals surface area (Å²) < 4.78 is 48.5. The molecule has 0 aromatic heterocycles. The molecule has 1 aromatic rings. The molecule has 0 aliphatic rings. The van der Waals surface area contributed by atoms with Crippen LogP contribution in [0.4, 0.5) is 17.6 Å². The van der Waals surface area contributed by atoms with Crippen LogP contribution in [-0.2, 0) is 6.54 Å². The van der Waals surface area contributed by atoms with E-state index >= 15 is 0 Å². The van der Waals surface area contributed by atoms with Gasteiger partial charge in [0, 0.05) is 17.9 Å². The zero-order valence-corrected chi connectivity index (χ0v) is 9.87. The molecular weight excluding hydrogens is 254 g/mol. The van der Waals surface area contributed by atoms with E-state index < -0.39 is 5.51 Å². The number of rotatable bonds is 6. The lowest BCUT2D eigenvalue weighted by molar-refractivity contribution is -0.0327. The molecule has 0 aliphatic carbocycles. The van der Waals surface area contributed by atoms with Gasteiger partial charge in [-0.15, -0.1) is 0 Å². The number of hydrogen-bond donors (Lipinski definition) is 1. The van der Waals surface area contributed by atoms with Gasteiger partial charge in [0.1, 0.15) is 5.82 Å². The topological polar surface area (TPSA) is 12.0 Å². The summed E-state index contributed by atoms with van der Waals surface area (Å²) in [6.45, 7) is 0.779. The molecule has 0 radical (unpaired) electrons. The lowest BCUT2D eigenvalue weighted by Crippen LogP contribution is -2.16. The molecule has 96 valence electrons. The second-order valence-electron chi connectivity index (χ2n) is 3.42. The van der Waals surface area contributed by atoms with Crippen LogP contribution in [0.5, 0.6) is 0 Å². The van der Waals surface area contributed by atoms with Crippen molar-refractivity contribution >= 4 is 11.8 Å². The van der Waals surface area contributed by atoms with Crippen LogP contribution in [0.25, 0.3) is 0 Å². The minimum atomic E-state index is -4.16. The quantitative estimate of drug-likeness (QED) is 0.625. The van der Waals surface area contributed by atoms with E-state index in [-0.39, 0.29) is 23.3 Å². The van der Waals surface area contributed by atoms with E-state index in [9.17, 15) is 17.6 Å². The predicted octanol–water partition coefficient (Wildman–Crippen LogP) is 3.56. The van der Waals surface area contributed by atoms with Gasteiger partial charge in [-0.1, -0.05) is 30.0 Å². The summed E-state index contributed by atoms with van der Waals surface area (Å²) in [4.78, 5) is 0. The summed E-state index contributed by atoms with van der Waals surface area (Å²) in [5.41, 5.74) is -3.64. The molecule has 0 fully saturated rings. The molecule has 0 bridgehead atoms. The Kier molecular flexibility index (Phi) is 5.77. The number of benzene rings is 1. The van der Waals surface area contributed by atoms with Crippen molar-refractivity contribution in [3.63, 3.8) is 0 Å². The van der Waals surface area contributed by atoms with E-state index in [0.29, 0.717) is 25.1 Å². The van der Waals surface area contributed by atoms with Crippen LogP contribution >= 0.6 is 11.8 Å². The van der Waals surface area contributed by atoms with Gasteiger partial charge in [0.15, 0.2) is 0 Å². The standard InChI is InChI=1S/C11H13F4NS/c12-10-5-2-1-4-9(10)8-16-6-3-7-17-11(13,14)15/h1-2,4-5,16H,3,6-8H2. The van der Waals surface area contributed by atoms with E-state index in [1.807, 2.05) is 0 Å². The van der Waals surface area contributed by atoms with Gasteiger partial charge in [0.25, 0.3) is 0 Å². The van der Waals surface area contributed by atoms with Crippen LogP contribution < -0.4 is 5.32 Å². The first kappa shape index (κ1) is 14.3. The van der Waals surface area contributed by atoms with Crippen molar-refractivity contribution in [2.45, 2.75) is 18.5 Å². The highest BCUT2D eigenvalue weighted by molar-refractivity contribution is 8.00. The molecule has 1 rings (SSSR count). The van der Waals surface area contributed by atoms with Crippen molar-refractivity contribution in [1.29, 1.82) is 0 Å². The van der Waals surface area contributed by atoms with Gasteiger partial charge in [0.05, 0.1) is 0 Å². The summed E-state index contributed by atoms with van der Waals surface area (Å²) in [6.07, 6.45) is 0.401. The Morgan fingerprint density at radius 2 is 1.88 bits per heavy atom. The average Bonchev–Trinajstić information content (AvgIpc) is 2.24. The molecule has 1 nitrogen and oxygen atoms in total. The minimum absolute atomic E-state index is 0.0216. The normalized spacial score (nSPS) is 11.8. The molecule has 17 heavy (non-hydrogen) atoms. The number of alkyl halides is 3. The van der Waals surface area contributed by atoms with E-state index in [1.54, 1.807) is 18.2 Å². The Hall–Kier alpha value is -0.750. The van der Waals surface area contributed by atoms with Gasteiger partial charge in [-0.2, -0.15) is 13.2 Å². The summed E-state index contributed by atoms with van der Waals surface area (Å²) in [5, 5.41) is 2.91. The molecular formula is C11H13F4NS. The van der Waals surface area contributed by atoms with Crippen LogP contribution in [0.2, 0.25) is 0 Å². The SMILES string of the molecule is Fc1ccccc1CNCCCSC(F)(F)F. The smallest absolute Gasteiger partial charge is 0.313 e. The molecule has 1 aromatic carbocycles. The summed E-state index contributed by atoms with van der Waals surface area (Å²) in [6, 6.07) is 6.32. The third-order valence-electron chi connectivity index (χ3n) is 2.04. The van der Waals surface area contributed by atoms with Crippen molar-refractivity contribution in [3.05, 3.63) is 35.6 Å². The van der Waals surface area contributed by atoms with Crippen molar-refractivity contribution in [2.75, 3.05) is 12.3 Å². The first-order valence-electron chi connectivity index (χ1n) is 5.14. The van der Waals surface area contributed by atoms with Crippen molar-refractivity contribution in [2.24, 2.45) is 0 Å². The Morgan fingerprint density at radius 1 is 1.18 bits per heavy atom. The number of nitrogens with one attached hydrogen (secondary N) is 1. The Morgan fingerprint density at radius 3 is 2.53 bits per heavy atom. The first-order valence-corrected chi connectivity index (χ1v) is 6.12. The summed E-state index contributed by atoms with van der Waals surface area (Å²) in [7, 11) is 0. The Bertz CT molecular complexity index is 340. The molecule has 1 N–H and O–H groups in total. The molecule has 6 heteroatoms. The van der Waals surface area contributed by atoms with Crippen LogP contribution in [0.3, 0.4) is 0 Å². The summed E-state index contributed by atoms with van der Waals surface area (Å²) >= 11 is -0.0311. The lowest BCUT2D eigenvalue weighted by atomic mass is 10.2. The highest BCUT2D eigenvalue weighted by atomic mass is 32.2. The number of thioether (sulfide) groups is 1. The molecule has 0 amide bonds. The molecule has 0 spiro atoms. The average molecular weight is 267 g/mol. The zero-order chi connectivity index (χ0) is 12.7. The third kappa shape index (κ3) is 6.53. The minimum Gasteiger partial charge on any atom is -0.313 e. The Labute approximate surface area is 102 Å². The van der Waals surface area contributed by atoms with Gasteiger partial charge < -0.3 is 5.32 Å². The number of halogens is 4. The molecule has 0 heterocycles. The fourth-order valence-electron chi connectivity index (χ4n) is 1.25. The lowest BCUT2D eigenvalue weighted by Gasteiger charge is -2.07. The maximum Gasteiger partial charge on any atom is 0.441 e. The third-order valence-corrected chi connectivity index (χ3v) is 2.86. The predicted molar refractivity (Wildman–Crippen MR) is 61.2 cm³/mol. The second kappa shape index (κ2) is 6.86. The van der Waals surface area contributed by atoms with E-state index in [2.05, 4.69) is 5.32 Å². The van der Waals surface area contributed by atoms with E-state index in [4.69, 9.17) is 0 Å². The molecule has 0 atom stereocenters. The van der Waals surface area contributed by atoms with Gasteiger partial charge in [0.2, 0.25) is 0 Å².